The molecule has 0 aromatic rings. The molecule has 0 aromatic carbocycles. The zero-order valence-corrected chi connectivity index (χ0v) is 11.0. The van der Waals surface area contributed by atoms with Crippen LogP contribution in [0.3, 0.4) is 0 Å². The Kier molecular flexibility index (Phi) is 8.63. The van der Waals surface area contributed by atoms with Crippen LogP contribution in [0.4, 0.5) is 0 Å². The Morgan fingerprint density at radius 1 is 0.941 bits per heavy atom. The summed E-state index contributed by atoms with van der Waals surface area (Å²) in [6.07, 6.45) is 10.7. The van der Waals surface area contributed by atoms with Crippen molar-refractivity contribution >= 4 is 21.8 Å². The van der Waals surface area contributed by atoms with Crippen LogP contribution in [0.15, 0.2) is 48.0 Å². The second kappa shape index (κ2) is 10.3. The molecule has 0 aliphatic heterocycles. The predicted molar refractivity (Wildman–Crippen MR) is 85.7 cm³/mol. The van der Waals surface area contributed by atoms with E-state index in [0.717, 1.165) is 21.8 Å². The van der Waals surface area contributed by atoms with Crippen LogP contribution in [-0.2, 0) is 0 Å². The van der Waals surface area contributed by atoms with Crippen molar-refractivity contribution in [3.63, 3.8) is 0 Å². The van der Waals surface area contributed by atoms with Crippen LogP contribution >= 0.6 is 0 Å². The first-order valence-corrected chi connectivity index (χ1v) is 7.02. The minimum Gasteiger partial charge on any atom is -0.127 e. The topological polar surface area (TPSA) is 0 Å². The van der Waals surface area contributed by atoms with Gasteiger partial charge in [-0.15, -0.1) is 41.9 Å². The quantitative estimate of drug-likeness (QED) is 0.608. The van der Waals surface area contributed by atoms with Crippen LogP contribution in [-0.4, -0.2) is 21.8 Å². The average molecular weight is 224 g/mol. The van der Waals surface area contributed by atoms with Crippen LogP contribution in [0, 0.1) is 0 Å². The van der Waals surface area contributed by atoms with Crippen LogP contribution in [0.25, 0.3) is 0 Å². The first kappa shape index (κ1) is 14.2. The summed E-state index contributed by atoms with van der Waals surface area (Å²) >= 11 is 0. The minimum absolute atomic E-state index is 0.985. The van der Waals surface area contributed by atoms with Crippen LogP contribution in [0.5, 0.6) is 0 Å². The lowest BCUT2D eigenvalue weighted by Crippen LogP contribution is -1.97. The molecule has 3 heteroatoms. The van der Waals surface area contributed by atoms with E-state index in [1.54, 1.807) is 5.47 Å². The molecule has 0 bridgehead atoms. The lowest BCUT2D eigenvalue weighted by atomic mass is 9.62. The van der Waals surface area contributed by atoms with Gasteiger partial charge in [0.2, 0.25) is 0 Å². The number of hydrogen-bond acceptors (Lipinski definition) is 0. The lowest BCUT2D eigenvalue weighted by molar-refractivity contribution is 0.634. The van der Waals surface area contributed by atoms with E-state index < -0.39 is 0 Å². The third kappa shape index (κ3) is 7.96. The first-order valence-electron chi connectivity index (χ1n) is 7.02. The standard InChI is InChI=1S/C14H23B3/c1-2-15-10-11-16-12-13-17-14-8-6-4-3-5-7-9-14/h2,8,10-13,15-17H,1,3-7,9H2/b11-10?,13-12?,14-8+. The van der Waals surface area contributed by atoms with E-state index >= 15 is 0 Å². The third-order valence-electron chi connectivity index (χ3n) is 3.17. The summed E-state index contributed by atoms with van der Waals surface area (Å²) in [5.41, 5.74) is 1.65. The monoisotopic (exact) mass is 224 g/mol. The molecule has 17 heavy (non-hydrogen) atoms. The molecule has 0 radical (unpaired) electrons. The molecule has 0 heterocycles. The Bertz CT molecular complexity index is 290. The van der Waals surface area contributed by atoms with E-state index in [4.69, 9.17) is 0 Å². The van der Waals surface area contributed by atoms with Crippen molar-refractivity contribution in [1.29, 1.82) is 0 Å². The van der Waals surface area contributed by atoms with Crippen molar-refractivity contribution in [2.24, 2.45) is 0 Å². The SMILES string of the molecule is C=CBC=CBC=CB/C1=C/CCCCCC1. The van der Waals surface area contributed by atoms with E-state index in [0.29, 0.717) is 0 Å². The van der Waals surface area contributed by atoms with Crippen molar-refractivity contribution < 1.29 is 0 Å². The molecule has 0 saturated heterocycles. The maximum absolute atomic E-state index is 3.70. The predicted octanol–water partition coefficient (Wildman–Crippen LogP) is 2.62. The Morgan fingerprint density at radius 2 is 1.71 bits per heavy atom. The summed E-state index contributed by atoms with van der Waals surface area (Å²) < 4.78 is 0. The van der Waals surface area contributed by atoms with Crippen molar-refractivity contribution in [2.75, 3.05) is 0 Å². The third-order valence-corrected chi connectivity index (χ3v) is 3.17. The second-order valence-electron chi connectivity index (χ2n) is 4.72. The van der Waals surface area contributed by atoms with Crippen LogP contribution in [0.2, 0.25) is 0 Å². The molecule has 0 fully saturated rings. The number of rotatable bonds is 6. The molecule has 0 saturated carbocycles. The fourth-order valence-corrected chi connectivity index (χ4v) is 2.14. The highest BCUT2D eigenvalue weighted by atomic mass is 14.0. The summed E-state index contributed by atoms with van der Waals surface area (Å²) in [4.78, 5) is 0. The highest BCUT2D eigenvalue weighted by Gasteiger charge is 2.00. The van der Waals surface area contributed by atoms with Gasteiger partial charge in [0.25, 0.3) is 0 Å². The van der Waals surface area contributed by atoms with Gasteiger partial charge in [0, 0.05) is 0 Å². The summed E-state index contributed by atoms with van der Waals surface area (Å²) in [5.74, 6) is 10.9. The van der Waals surface area contributed by atoms with Gasteiger partial charge in [-0.05, 0) is 19.3 Å². The molecule has 0 nitrogen and oxygen atoms in total. The average Bonchev–Trinajstić information content (AvgIpc) is 2.30. The largest absolute Gasteiger partial charge is 0.175 e. The molecule has 0 aromatic heterocycles. The van der Waals surface area contributed by atoms with Gasteiger partial charge < -0.3 is 0 Å². The summed E-state index contributed by atoms with van der Waals surface area (Å²) in [7, 11) is 3.20. The molecule has 1 aliphatic carbocycles. The van der Waals surface area contributed by atoms with Crippen molar-refractivity contribution in [2.45, 2.75) is 38.5 Å². The Balaban J connectivity index is 2.19. The van der Waals surface area contributed by atoms with E-state index in [1.165, 1.54) is 38.5 Å². The Morgan fingerprint density at radius 3 is 2.59 bits per heavy atom. The molecule has 0 amide bonds. The fourth-order valence-electron chi connectivity index (χ4n) is 2.14. The highest BCUT2D eigenvalue weighted by molar-refractivity contribution is 6.58. The van der Waals surface area contributed by atoms with E-state index in [2.05, 4.69) is 36.6 Å². The molecule has 0 unspecified atom stereocenters. The van der Waals surface area contributed by atoms with Gasteiger partial charge in [0.15, 0.2) is 21.8 Å². The number of allylic oxidation sites excluding steroid dienone is 2. The van der Waals surface area contributed by atoms with Crippen molar-refractivity contribution in [3.05, 3.63) is 48.0 Å². The van der Waals surface area contributed by atoms with Gasteiger partial charge in [0.05, 0.1) is 0 Å². The second-order valence-corrected chi connectivity index (χ2v) is 4.72. The van der Waals surface area contributed by atoms with Crippen molar-refractivity contribution in [3.8, 4) is 0 Å². The van der Waals surface area contributed by atoms with Gasteiger partial charge in [-0.3, -0.25) is 0 Å². The summed E-state index contributed by atoms with van der Waals surface area (Å²) in [6, 6.07) is 0. The van der Waals surface area contributed by atoms with Gasteiger partial charge in [-0.2, -0.15) is 0 Å². The summed E-state index contributed by atoms with van der Waals surface area (Å²) in [5, 5.41) is 0. The van der Waals surface area contributed by atoms with Gasteiger partial charge in [0.1, 0.15) is 0 Å². The molecule has 88 valence electrons. The molecule has 0 N–H and O–H groups in total. The molecular weight excluding hydrogens is 201 g/mol. The normalized spacial score (nSPS) is 20.4. The molecule has 0 atom stereocenters. The molecular formula is C14H23B3. The Labute approximate surface area is 109 Å². The van der Waals surface area contributed by atoms with Crippen LogP contribution in [0.1, 0.15) is 38.5 Å². The van der Waals surface area contributed by atoms with E-state index in [-0.39, 0.29) is 0 Å². The van der Waals surface area contributed by atoms with E-state index in [9.17, 15) is 0 Å². The maximum atomic E-state index is 3.70. The van der Waals surface area contributed by atoms with Gasteiger partial charge >= 0.3 is 0 Å². The molecule has 1 aliphatic rings. The first-order chi connectivity index (χ1) is 8.43. The zero-order valence-electron chi connectivity index (χ0n) is 11.0. The molecule has 0 spiro atoms. The number of hydrogen-bond donors (Lipinski definition) is 0. The Hall–Kier alpha value is -0.845. The van der Waals surface area contributed by atoms with Crippen molar-refractivity contribution in [1.82, 2.24) is 0 Å². The van der Waals surface area contributed by atoms with Gasteiger partial charge in [-0.25, -0.2) is 0 Å². The fraction of sp³-hybridized carbons (Fsp3) is 0.429. The summed E-state index contributed by atoms with van der Waals surface area (Å²) in [6.45, 7) is 3.70. The minimum atomic E-state index is 0.985. The van der Waals surface area contributed by atoms with E-state index in [1.807, 2.05) is 5.98 Å². The maximum Gasteiger partial charge on any atom is 0.175 e. The molecule has 1 rings (SSSR count). The van der Waals surface area contributed by atoms with Gasteiger partial charge in [-0.1, -0.05) is 25.3 Å². The highest BCUT2D eigenvalue weighted by Crippen LogP contribution is 2.16. The van der Waals surface area contributed by atoms with Crippen LogP contribution < -0.4 is 0 Å². The smallest absolute Gasteiger partial charge is 0.127 e. The zero-order chi connectivity index (χ0) is 12.2. The lowest BCUT2D eigenvalue weighted by Gasteiger charge is -2.08.